The number of hydrogen-bond donors (Lipinski definition) is 2. The van der Waals surface area contributed by atoms with Crippen LogP contribution in [0.4, 0.5) is 0 Å². The minimum Gasteiger partial charge on any atom is -0.478 e. The monoisotopic (exact) mass is 621 g/mol. The van der Waals surface area contributed by atoms with Gasteiger partial charge in [-0.25, -0.2) is 4.79 Å². The zero-order valence-corrected chi connectivity index (χ0v) is 30.8. The lowest BCUT2D eigenvalue weighted by molar-refractivity contribution is -0.237. The zero-order chi connectivity index (χ0) is 33.2. The number of nitrogens with zero attached hydrogens (tertiary/aromatic N) is 1. The molecule has 45 heavy (non-hydrogen) atoms. The predicted molar refractivity (Wildman–Crippen MR) is 189 cm³/mol. The molecule has 0 radical (unpaired) electrons. The molecule has 0 unspecified atom stereocenters. The Labute approximate surface area is 277 Å². The molecule has 0 bridgehead atoms. The van der Waals surface area contributed by atoms with Crippen LogP contribution in [0.3, 0.4) is 0 Å². The second-order valence-corrected chi connectivity index (χ2v) is 18.4. The van der Waals surface area contributed by atoms with Gasteiger partial charge in [0.15, 0.2) is 0 Å². The molecule has 0 heterocycles. The molecular formula is C41H68N2O2. The van der Waals surface area contributed by atoms with Gasteiger partial charge in [0, 0.05) is 18.6 Å². The third kappa shape index (κ3) is 5.44. The summed E-state index contributed by atoms with van der Waals surface area (Å²) >= 11 is 0. The van der Waals surface area contributed by atoms with Crippen molar-refractivity contribution in [3.8, 4) is 0 Å². The molecule has 5 aliphatic rings. The zero-order valence-electron chi connectivity index (χ0n) is 30.8. The van der Waals surface area contributed by atoms with Gasteiger partial charge in [0.2, 0.25) is 0 Å². The summed E-state index contributed by atoms with van der Waals surface area (Å²) < 4.78 is 0. The summed E-state index contributed by atoms with van der Waals surface area (Å²) in [5.74, 6) is 4.17. The van der Waals surface area contributed by atoms with Gasteiger partial charge in [-0.2, -0.15) is 0 Å². The molecule has 5 aliphatic carbocycles. The predicted octanol–water partition coefficient (Wildman–Crippen LogP) is 9.39. The topological polar surface area (TPSA) is 52.6 Å². The Hall–Kier alpha value is -1.39. The van der Waals surface area contributed by atoms with E-state index in [1.807, 2.05) is 6.08 Å². The van der Waals surface area contributed by atoms with Crippen molar-refractivity contribution in [3.63, 3.8) is 0 Å². The number of likely N-dealkylation sites (N-methyl/N-ethyl adjacent to an activating group) is 1. The van der Waals surface area contributed by atoms with E-state index < -0.39 is 5.97 Å². The number of rotatable bonds is 9. The summed E-state index contributed by atoms with van der Waals surface area (Å²) in [4.78, 5) is 13.9. The van der Waals surface area contributed by atoms with E-state index in [2.05, 4.69) is 79.4 Å². The van der Waals surface area contributed by atoms with E-state index in [0.717, 1.165) is 54.7 Å². The molecule has 4 nitrogen and oxygen atoms in total. The van der Waals surface area contributed by atoms with Crippen molar-refractivity contribution < 1.29 is 9.90 Å². The van der Waals surface area contributed by atoms with Crippen LogP contribution in [0.5, 0.6) is 0 Å². The van der Waals surface area contributed by atoms with E-state index in [-0.39, 0.29) is 5.41 Å². The van der Waals surface area contributed by atoms with E-state index in [1.54, 1.807) is 19.1 Å². The summed E-state index contributed by atoms with van der Waals surface area (Å²) in [5.41, 5.74) is 3.04. The first-order valence-electron chi connectivity index (χ1n) is 18.6. The van der Waals surface area contributed by atoms with E-state index in [0.29, 0.717) is 39.2 Å². The summed E-state index contributed by atoms with van der Waals surface area (Å²) in [6, 6.07) is 0. The van der Waals surface area contributed by atoms with Gasteiger partial charge >= 0.3 is 5.97 Å². The number of allylic oxidation sites excluding steroid dienone is 3. The Bertz CT molecular complexity index is 1200. The van der Waals surface area contributed by atoms with Gasteiger partial charge < -0.3 is 15.3 Å². The van der Waals surface area contributed by atoms with Gasteiger partial charge in [-0.1, -0.05) is 72.8 Å². The molecule has 0 aromatic heterocycles. The Balaban J connectivity index is 1.42. The molecule has 0 amide bonds. The van der Waals surface area contributed by atoms with Crippen LogP contribution >= 0.6 is 0 Å². The SMILES string of the molecule is C=C(/C=C\C(=C/C)C(=O)O)[C@H]1CC[C@]2(C)[C@H]3CC[C@@H]4[C@H]5[C@H](C(C)C)CC[C@]5(NCCN(C)C)CC[C@@]4(C)[C@]3(C)CC[C@H]2C1(C)C. The highest BCUT2D eigenvalue weighted by Gasteiger charge is 2.70. The fraction of sp³-hybridized carbons (Fsp3) is 0.829. The van der Waals surface area contributed by atoms with Crippen LogP contribution in [0, 0.1) is 63.1 Å². The molecular weight excluding hydrogens is 552 g/mol. The lowest BCUT2D eigenvalue weighted by atomic mass is 9.32. The van der Waals surface area contributed by atoms with Crippen molar-refractivity contribution in [1.29, 1.82) is 0 Å². The Morgan fingerprint density at radius 1 is 0.911 bits per heavy atom. The summed E-state index contributed by atoms with van der Waals surface area (Å²) in [6.45, 7) is 26.9. The number of carboxylic acid groups (broad SMARTS) is 1. The summed E-state index contributed by atoms with van der Waals surface area (Å²) in [6.07, 6.45) is 18.8. The number of carboxylic acids is 1. The van der Waals surface area contributed by atoms with Gasteiger partial charge in [-0.3, -0.25) is 0 Å². The third-order valence-electron chi connectivity index (χ3n) is 15.9. The fourth-order valence-corrected chi connectivity index (χ4v) is 13.5. The van der Waals surface area contributed by atoms with Crippen molar-refractivity contribution >= 4 is 5.97 Å². The summed E-state index contributed by atoms with van der Waals surface area (Å²) in [5, 5.41) is 13.8. The van der Waals surface area contributed by atoms with Crippen LogP contribution in [0.25, 0.3) is 0 Å². The first-order chi connectivity index (χ1) is 21.0. The minimum atomic E-state index is -0.866. The molecule has 0 aliphatic heterocycles. The van der Waals surface area contributed by atoms with Crippen molar-refractivity contribution in [1.82, 2.24) is 10.2 Å². The van der Waals surface area contributed by atoms with Crippen molar-refractivity contribution in [2.45, 2.75) is 125 Å². The van der Waals surface area contributed by atoms with Crippen LogP contribution in [0.15, 0.2) is 36.0 Å². The standard InChI is InChI=1S/C41H68N2O2/c1-12-29(36(44)45)14-13-28(4)31-18-20-38(7)33(37(31,5)6)19-21-40(9)34(38)16-15-32-35-30(27(2)3)17-22-41(35,24-23-39(32,40)8)42-25-26-43(10)11/h12-14,27,30-35,42H,4,15-26H2,1-3,5-11H3,(H,44,45)/b14-13-,29-12+/t30-,31+,32+,33-,34+,35+,38-,39+,40+,41-/m0/s1. The van der Waals surface area contributed by atoms with Crippen molar-refractivity contribution in [2.24, 2.45) is 63.1 Å². The Morgan fingerprint density at radius 2 is 1.62 bits per heavy atom. The second-order valence-electron chi connectivity index (χ2n) is 18.4. The number of fused-ring (bicyclic) bond motifs is 7. The third-order valence-corrected chi connectivity index (χ3v) is 15.9. The number of aliphatic carboxylic acids is 1. The molecule has 5 saturated carbocycles. The molecule has 4 heteroatoms. The number of carbonyl (C=O) groups is 1. The highest BCUT2D eigenvalue weighted by Crippen LogP contribution is 2.77. The molecule has 0 spiro atoms. The lowest BCUT2D eigenvalue weighted by Gasteiger charge is -2.73. The quantitative estimate of drug-likeness (QED) is 0.199. The second kappa shape index (κ2) is 12.2. The maximum atomic E-state index is 11.6. The smallest absolute Gasteiger partial charge is 0.335 e. The van der Waals surface area contributed by atoms with E-state index >= 15 is 0 Å². The first-order valence-corrected chi connectivity index (χ1v) is 18.6. The molecule has 10 atom stereocenters. The van der Waals surface area contributed by atoms with Gasteiger partial charge in [0.05, 0.1) is 5.57 Å². The molecule has 0 aromatic carbocycles. The number of nitrogens with one attached hydrogen (secondary N) is 1. The van der Waals surface area contributed by atoms with Crippen LogP contribution in [-0.4, -0.2) is 48.7 Å². The highest BCUT2D eigenvalue weighted by molar-refractivity contribution is 5.89. The van der Waals surface area contributed by atoms with Crippen LogP contribution in [0.2, 0.25) is 0 Å². The summed E-state index contributed by atoms with van der Waals surface area (Å²) in [7, 11) is 4.42. The maximum absolute atomic E-state index is 11.6. The van der Waals surface area contributed by atoms with Crippen molar-refractivity contribution in [2.75, 3.05) is 27.2 Å². The van der Waals surface area contributed by atoms with E-state index in [4.69, 9.17) is 0 Å². The Morgan fingerprint density at radius 3 is 2.24 bits per heavy atom. The largest absolute Gasteiger partial charge is 0.478 e. The highest BCUT2D eigenvalue weighted by atomic mass is 16.4. The molecule has 0 aromatic rings. The molecule has 254 valence electrons. The van der Waals surface area contributed by atoms with Crippen molar-refractivity contribution in [3.05, 3.63) is 36.0 Å². The lowest BCUT2D eigenvalue weighted by Crippen LogP contribution is -2.68. The minimum absolute atomic E-state index is 0.138. The van der Waals surface area contributed by atoms with Crippen LogP contribution < -0.4 is 5.32 Å². The molecule has 2 N–H and O–H groups in total. The van der Waals surface area contributed by atoms with Gasteiger partial charge in [0.25, 0.3) is 0 Å². The average Bonchev–Trinajstić information content (AvgIpc) is 3.33. The molecule has 5 fully saturated rings. The van der Waals surface area contributed by atoms with Gasteiger partial charge in [-0.15, -0.1) is 0 Å². The van der Waals surface area contributed by atoms with Gasteiger partial charge in [0.1, 0.15) is 0 Å². The van der Waals surface area contributed by atoms with Crippen LogP contribution in [-0.2, 0) is 4.79 Å². The number of hydrogen-bond acceptors (Lipinski definition) is 3. The van der Waals surface area contributed by atoms with Crippen LogP contribution in [0.1, 0.15) is 120 Å². The van der Waals surface area contributed by atoms with E-state index in [1.165, 1.54) is 57.8 Å². The van der Waals surface area contributed by atoms with E-state index in [9.17, 15) is 9.90 Å². The first kappa shape index (κ1) is 34.9. The maximum Gasteiger partial charge on any atom is 0.335 e. The Kier molecular flexibility index (Phi) is 9.51. The average molecular weight is 621 g/mol. The normalized spacial score (nSPS) is 44.4. The fourth-order valence-electron chi connectivity index (χ4n) is 13.5. The molecule has 0 saturated heterocycles. The van der Waals surface area contributed by atoms with Gasteiger partial charge in [-0.05, 0) is 154 Å². The molecule has 5 rings (SSSR count).